The van der Waals surface area contributed by atoms with Crippen LogP contribution in [0.4, 0.5) is 11.9 Å². The maximum atomic E-state index is 12.1. The van der Waals surface area contributed by atoms with Crippen molar-refractivity contribution in [3.05, 3.63) is 46.3 Å². The van der Waals surface area contributed by atoms with E-state index in [0.717, 1.165) is 0 Å². The van der Waals surface area contributed by atoms with Crippen LogP contribution in [0.1, 0.15) is 11.6 Å². The smallest absolute Gasteiger partial charge is 0.258 e. The molecule has 0 atom stereocenters. The highest BCUT2D eigenvalue weighted by atomic mass is 16.1. The number of hydrogen-bond acceptors (Lipinski definition) is 7. The van der Waals surface area contributed by atoms with Crippen LogP contribution in [0.5, 0.6) is 0 Å². The van der Waals surface area contributed by atoms with Gasteiger partial charge in [-0.1, -0.05) is 12.1 Å². The summed E-state index contributed by atoms with van der Waals surface area (Å²) in [5.74, 6) is 1.54. The summed E-state index contributed by atoms with van der Waals surface area (Å²) in [6, 6.07) is 7.16. The summed E-state index contributed by atoms with van der Waals surface area (Å²) in [4.78, 5) is 33.4. The maximum Gasteiger partial charge on any atom is 0.258 e. The molecule has 0 aliphatic carbocycles. The Morgan fingerprint density at radius 2 is 1.91 bits per heavy atom. The number of hydrogen-bond donors (Lipinski definition) is 2. The summed E-state index contributed by atoms with van der Waals surface area (Å²) in [7, 11) is 3.63. The van der Waals surface area contributed by atoms with E-state index >= 15 is 0 Å². The third-order valence-corrected chi connectivity index (χ3v) is 3.07. The molecule has 0 amide bonds. The molecule has 0 spiro atoms. The van der Waals surface area contributed by atoms with Gasteiger partial charge in [0, 0.05) is 14.1 Å². The summed E-state index contributed by atoms with van der Waals surface area (Å²) in [5, 5.41) is 0.551. The summed E-state index contributed by atoms with van der Waals surface area (Å²) in [6.07, 6.45) is 0.271. The van der Waals surface area contributed by atoms with E-state index in [0.29, 0.717) is 28.5 Å². The first-order valence-electron chi connectivity index (χ1n) is 6.68. The van der Waals surface area contributed by atoms with E-state index in [1.54, 1.807) is 23.1 Å². The zero-order chi connectivity index (χ0) is 15.7. The number of nitrogens with one attached hydrogen (secondary N) is 1. The fourth-order valence-corrected chi connectivity index (χ4v) is 2.07. The number of nitrogens with two attached hydrogens (primary N) is 1. The number of aromatic nitrogens is 5. The van der Waals surface area contributed by atoms with Gasteiger partial charge in [0.25, 0.3) is 5.56 Å². The molecule has 22 heavy (non-hydrogen) atoms. The summed E-state index contributed by atoms with van der Waals surface area (Å²) < 4.78 is 0. The van der Waals surface area contributed by atoms with E-state index < -0.39 is 0 Å². The molecule has 3 N–H and O–H groups in total. The number of aromatic amines is 1. The van der Waals surface area contributed by atoms with E-state index in [4.69, 9.17) is 5.73 Å². The molecule has 0 aliphatic heterocycles. The van der Waals surface area contributed by atoms with Gasteiger partial charge in [-0.2, -0.15) is 15.0 Å². The third kappa shape index (κ3) is 2.71. The van der Waals surface area contributed by atoms with Gasteiger partial charge in [0.05, 0.1) is 17.3 Å². The van der Waals surface area contributed by atoms with Gasteiger partial charge in [0.1, 0.15) is 11.6 Å². The normalized spacial score (nSPS) is 10.8. The zero-order valence-corrected chi connectivity index (χ0v) is 12.2. The molecule has 2 aromatic heterocycles. The first kappa shape index (κ1) is 13.9. The summed E-state index contributed by atoms with van der Waals surface area (Å²) >= 11 is 0. The average Bonchev–Trinajstić information content (AvgIpc) is 2.46. The lowest BCUT2D eigenvalue weighted by Crippen LogP contribution is -2.17. The number of rotatable bonds is 3. The number of H-pyrrole nitrogens is 1. The Hall–Kier alpha value is -3.03. The Balaban J connectivity index is 2.01. The molecular formula is C14H15N7O. The Labute approximate surface area is 126 Å². The van der Waals surface area contributed by atoms with Gasteiger partial charge in [-0.3, -0.25) is 4.79 Å². The van der Waals surface area contributed by atoms with E-state index in [-0.39, 0.29) is 17.9 Å². The quantitative estimate of drug-likeness (QED) is 0.716. The standard InChI is InChI=1S/C14H15N7O/c1-21(2)14-19-11(18-13(15)20-14)7-10-16-9-6-4-3-5-8(9)12(22)17-10/h3-6H,7H2,1-2H3,(H,16,17,22)(H2,15,18,19,20). The molecule has 0 saturated heterocycles. The second-order valence-corrected chi connectivity index (χ2v) is 5.01. The highest BCUT2D eigenvalue weighted by molar-refractivity contribution is 5.77. The summed E-state index contributed by atoms with van der Waals surface area (Å²) in [6.45, 7) is 0. The molecule has 0 aliphatic rings. The van der Waals surface area contributed by atoms with Crippen LogP contribution in [0.25, 0.3) is 10.9 Å². The molecule has 2 heterocycles. The fourth-order valence-electron chi connectivity index (χ4n) is 2.07. The maximum absolute atomic E-state index is 12.1. The van der Waals surface area contributed by atoms with Gasteiger partial charge < -0.3 is 15.6 Å². The number of fused-ring (bicyclic) bond motifs is 1. The monoisotopic (exact) mass is 297 g/mol. The highest BCUT2D eigenvalue weighted by Crippen LogP contribution is 2.10. The molecule has 0 saturated carbocycles. The van der Waals surface area contributed by atoms with Gasteiger partial charge in [0.2, 0.25) is 11.9 Å². The highest BCUT2D eigenvalue weighted by Gasteiger charge is 2.10. The van der Waals surface area contributed by atoms with Gasteiger partial charge in [-0.15, -0.1) is 0 Å². The minimum Gasteiger partial charge on any atom is -0.368 e. The van der Waals surface area contributed by atoms with E-state index in [2.05, 4.69) is 24.9 Å². The van der Waals surface area contributed by atoms with Crippen molar-refractivity contribution in [3.63, 3.8) is 0 Å². The Morgan fingerprint density at radius 1 is 1.14 bits per heavy atom. The molecule has 8 heteroatoms. The Bertz CT molecular complexity index is 888. The molecule has 1 aromatic carbocycles. The fraction of sp³-hybridized carbons (Fsp3) is 0.214. The first-order chi connectivity index (χ1) is 10.5. The van der Waals surface area contributed by atoms with Crippen molar-refractivity contribution in [2.24, 2.45) is 0 Å². The van der Waals surface area contributed by atoms with E-state index in [1.165, 1.54) is 0 Å². The van der Waals surface area contributed by atoms with Crippen LogP contribution in [0.2, 0.25) is 0 Å². The number of nitrogen functional groups attached to an aromatic ring is 1. The molecule has 0 radical (unpaired) electrons. The van der Waals surface area contributed by atoms with Gasteiger partial charge in [-0.05, 0) is 12.1 Å². The minimum absolute atomic E-state index is 0.136. The molecule has 112 valence electrons. The van der Waals surface area contributed by atoms with Crippen molar-refractivity contribution in [3.8, 4) is 0 Å². The largest absolute Gasteiger partial charge is 0.368 e. The third-order valence-electron chi connectivity index (χ3n) is 3.07. The predicted molar refractivity (Wildman–Crippen MR) is 83.7 cm³/mol. The van der Waals surface area contributed by atoms with Crippen molar-refractivity contribution < 1.29 is 0 Å². The molecule has 0 bridgehead atoms. The topological polar surface area (TPSA) is 114 Å². The lowest BCUT2D eigenvalue weighted by atomic mass is 10.2. The number of nitrogens with zero attached hydrogens (tertiary/aromatic N) is 5. The van der Waals surface area contributed by atoms with Gasteiger partial charge in [0.15, 0.2) is 0 Å². The molecule has 3 aromatic rings. The van der Waals surface area contributed by atoms with Crippen LogP contribution in [0.3, 0.4) is 0 Å². The number of para-hydroxylation sites is 1. The lowest BCUT2D eigenvalue weighted by Gasteiger charge is -2.11. The lowest BCUT2D eigenvalue weighted by molar-refractivity contribution is 0.855. The van der Waals surface area contributed by atoms with Crippen molar-refractivity contribution in [2.75, 3.05) is 24.7 Å². The van der Waals surface area contributed by atoms with Crippen molar-refractivity contribution in [1.29, 1.82) is 0 Å². The summed E-state index contributed by atoms with van der Waals surface area (Å²) in [5.41, 5.74) is 6.14. The zero-order valence-electron chi connectivity index (χ0n) is 12.2. The van der Waals surface area contributed by atoms with Crippen molar-refractivity contribution in [2.45, 2.75) is 6.42 Å². The second-order valence-electron chi connectivity index (χ2n) is 5.01. The van der Waals surface area contributed by atoms with Crippen LogP contribution < -0.4 is 16.2 Å². The molecule has 0 fully saturated rings. The van der Waals surface area contributed by atoms with Crippen LogP contribution in [-0.4, -0.2) is 39.0 Å². The van der Waals surface area contributed by atoms with Crippen LogP contribution in [0.15, 0.2) is 29.1 Å². The number of anilines is 2. The van der Waals surface area contributed by atoms with Crippen LogP contribution >= 0.6 is 0 Å². The average molecular weight is 297 g/mol. The molecule has 8 nitrogen and oxygen atoms in total. The van der Waals surface area contributed by atoms with Crippen molar-refractivity contribution in [1.82, 2.24) is 24.9 Å². The van der Waals surface area contributed by atoms with Crippen LogP contribution in [0, 0.1) is 0 Å². The SMILES string of the molecule is CN(C)c1nc(N)nc(Cc2nc3ccccc3c(=O)[nH]2)n1. The van der Waals surface area contributed by atoms with Gasteiger partial charge in [-0.25, -0.2) is 4.98 Å². The minimum atomic E-state index is -0.185. The molecule has 3 rings (SSSR count). The number of benzene rings is 1. The van der Waals surface area contributed by atoms with Crippen LogP contribution in [-0.2, 0) is 6.42 Å². The Kier molecular flexibility index (Phi) is 3.42. The Morgan fingerprint density at radius 3 is 2.68 bits per heavy atom. The van der Waals surface area contributed by atoms with Crippen molar-refractivity contribution >= 4 is 22.8 Å². The van der Waals surface area contributed by atoms with E-state index in [9.17, 15) is 4.79 Å². The molecular weight excluding hydrogens is 282 g/mol. The second kappa shape index (κ2) is 5.40. The predicted octanol–water partition coefficient (Wildman–Crippen LogP) is 0.347. The van der Waals surface area contributed by atoms with Gasteiger partial charge >= 0.3 is 0 Å². The molecule has 0 unspecified atom stereocenters. The first-order valence-corrected chi connectivity index (χ1v) is 6.68. The van der Waals surface area contributed by atoms with E-state index in [1.807, 2.05) is 20.2 Å².